The predicted octanol–water partition coefficient (Wildman–Crippen LogP) is 3.66. The number of carbonyl (C=O) groups is 1. The lowest BCUT2D eigenvalue weighted by Gasteiger charge is -2.05. The smallest absolute Gasteiger partial charge is 0.254 e. The van der Waals surface area contributed by atoms with Crippen LogP contribution in [0.1, 0.15) is 23.2 Å². The summed E-state index contributed by atoms with van der Waals surface area (Å²) >= 11 is 0. The second-order valence-electron chi connectivity index (χ2n) is 4.85. The molecule has 23 heavy (non-hydrogen) atoms. The van der Waals surface area contributed by atoms with Crippen LogP contribution in [0.25, 0.3) is 11.5 Å². The maximum Gasteiger partial charge on any atom is 0.254 e. The molecule has 0 aliphatic heterocycles. The SMILES string of the molecule is CC(=O)c1ccc(OCc2nnc(-c3ccccc3)o2)cc1F. The van der Waals surface area contributed by atoms with Crippen molar-refractivity contribution in [1.82, 2.24) is 10.2 Å². The fraction of sp³-hybridized carbons (Fsp3) is 0.118. The van der Waals surface area contributed by atoms with E-state index in [1.807, 2.05) is 30.3 Å². The van der Waals surface area contributed by atoms with Gasteiger partial charge < -0.3 is 9.15 Å². The van der Waals surface area contributed by atoms with Crippen molar-refractivity contribution in [3.8, 4) is 17.2 Å². The van der Waals surface area contributed by atoms with Crippen LogP contribution >= 0.6 is 0 Å². The third-order valence-electron chi connectivity index (χ3n) is 3.17. The number of hydrogen-bond donors (Lipinski definition) is 0. The minimum absolute atomic E-state index is 0.0126. The number of ketones is 1. The minimum Gasteiger partial charge on any atom is -0.484 e. The molecule has 0 radical (unpaired) electrons. The molecule has 0 aliphatic carbocycles. The van der Waals surface area contributed by atoms with Crippen molar-refractivity contribution in [2.24, 2.45) is 0 Å². The molecule has 0 bridgehead atoms. The van der Waals surface area contributed by atoms with Crippen LogP contribution in [0.3, 0.4) is 0 Å². The highest BCUT2D eigenvalue weighted by Crippen LogP contribution is 2.20. The number of nitrogens with zero attached hydrogens (tertiary/aromatic N) is 2. The van der Waals surface area contributed by atoms with E-state index in [2.05, 4.69) is 10.2 Å². The van der Waals surface area contributed by atoms with Crippen LogP contribution in [0, 0.1) is 5.82 Å². The molecule has 0 fully saturated rings. The number of aromatic nitrogens is 2. The number of benzene rings is 2. The second-order valence-corrected chi connectivity index (χ2v) is 4.85. The van der Waals surface area contributed by atoms with Crippen molar-refractivity contribution in [3.05, 3.63) is 65.8 Å². The standard InChI is InChI=1S/C17H13FN2O3/c1-11(21)14-8-7-13(9-15(14)18)22-10-16-19-20-17(23-16)12-5-3-2-4-6-12/h2-9H,10H2,1H3. The molecule has 0 saturated carbocycles. The maximum absolute atomic E-state index is 13.7. The Labute approximate surface area is 131 Å². The number of ether oxygens (including phenoxy) is 1. The monoisotopic (exact) mass is 312 g/mol. The fourth-order valence-corrected chi connectivity index (χ4v) is 2.03. The Morgan fingerprint density at radius 1 is 1.17 bits per heavy atom. The topological polar surface area (TPSA) is 65.2 Å². The molecule has 0 aliphatic rings. The first-order valence-electron chi connectivity index (χ1n) is 6.94. The van der Waals surface area contributed by atoms with Crippen molar-refractivity contribution < 1.29 is 18.3 Å². The highest BCUT2D eigenvalue weighted by Gasteiger charge is 2.11. The van der Waals surface area contributed by atoms with E-state index in [1.54, 1.807) is 0 Å². The van der Waals surface area contributed by atoms with E-state index >= 15 is 0 Å². The van der Waals surface area contributed by atoms with E-state index in [1.165, 1.54) is 19.1 Å². The molecule has 3 aromatic rings. The van der Waals surface area contributed by atoms with Crippen molar-refractivity contribution in [3.63, 3.8) is 0 Å². The first-order valence-corrected chi connectivity index (χ1v) is 6.94. The summed E-state index contributed by atoms with van der Waals surface area (Å²) in [4.78, 5) is 11.2. The Bertz CT molecular complexity index is 831. The largest absolute Gasteiger partial charge is 0.484 e. The molecule has 1 aromatic heterocycles. The Morgan fingerprint density at radius 2 is 1.96 bits per heavy atom. The van der Waals surface area contributed by atoms with Gasteiger partial charge in [-0.25, -0.2) is 4.39 Å². The van der Waals surface area contributed by atoms with Gasteiger partial charge in [0.1, 0.15) is 11.6 Å². The lowest BCUT2D eigenvalue weighted by molar-refractivity contribution is 0.101. The second kappa shape index (κ2) is 6.39. The number of Topliss-reactive ketones (excluding diaryl/α,β-unsaturated/α-hetero) is 1. The van der Waals surface area contributed by atoms with Crippen molar-refractivity contribution >= 4 is 5.78 Å². The first-order chi connectivity index (χ1) is 11.1. The van der Waals surface area contributed by atoms with Gasteiger partial charge in [0, 0.05) is 11.6 Å². The highest BCUT2D eigenvalue weighted by molar-refractivity contribution is 5.94. The summed E-state index contributed by atoms with van der Waals surface area (Å²) in [5.41, 5.74) is 0.838. The van der Waals surface area contributed by atoms with E-state index in [4.69, 9.17) is 9.15 Å². The summed E-state index contributed by atoms with van der Waals surface area (Å²) in [5, 5.41) is 7.82. The van der Waals surface area contributed by atoms with E-state index in [0.29, 0.717) is 5.89 Å². The van der Waals surface area contributed by atoms with E-state index < -0.39 is 5.82 Å². The third-order valence-corrected chi connectivity index (χ3v) is 3.17. The van der Waals surface area contributed by atoms with Crippen LogP contribution in [0.4, 0.5) is 4.39 Å². The van der Waals surface area contributed by atoms with Crippen LogP contribution in [-0.4, -0.2) is 16.0 Å². The minimum atomic E-state index is -0.620. The Morgan fingerprint density at radius 3 is 2.65 bits per heavy atom. The van der Waals surface area contributed by atoms with Crippen LogP contribution in [0.5, 0.6) is 5.75 Å². The molecule has 0 N–H and O–H groups in total. The van der Waals surface area contributed by atoms with Crippen molar-refractivity contribution in [2.45, 2.75) is 13.5 Å². The summed E-state index contributed by atoms with van der Waals surface area (Å²) < 4.78 is 24.6. The highest BCUT2D eigenvalue weighted by atomic mass is 19.1. The number of halogens is 1. The fourth-order valence-electron chi connectivity index (χ4n) is 2.03. The van der Waals surface area contributed by atoms with Gasteiger partial charge in [-0.1, -0.05) is 18.2 Å². The summed E-state index contributed by atoms with van der Waals surface area (Å²) in [6, 6.07) is 13.4. The van der Waals surface area contributed by atoms with Crippen LogP contribution in [-0.2, 0) is 6.61 Å². The lowest BCUT2D eigenvalue weighted by atomic mass is 10.1. The van der Waals surface area contributed by atoms with Crippen LogP contribution in [0.15, 0.2) is 52.9 Å². The Hall–Kier alpha value is -3.02. The first kappa shape index (κ1) is 14.9. The summed E-state index contributed by atoms with van der Waals surface area (Å²) in [6.07, 6.45) is 0. The predicted molar refractivity (Wildman–Crippen MR) is 80.5 cm³/mol. The molecule has 6 heteroatoms. The van der Waals surface area contributed by atoms with Gasteiger partial charge in [0.2, 0.25) is 5.89 Å². The number of hydrogen-bond acceptors (Lipinski definition) is 5. The zero-order valence-electron chi connectivity index (χ0n) is 12.3. The molecule has 0 saturated heterocycles. The molecule has 1 heterocycles. The zero-order chi connectivity index (χ0) is 16.2. The molecule has 3 rings (SSSR count). The van der Waals surface area contributed by atoms with Gasteiger partial charge in [0.25, 0.3) is 5.89 Å². The van der Waals surface area contributed by atoms with Gasteiger partial charge in [0.05, 0.1) is 5.56 Å². The molecule has 0 spiro atoms. The zero-order valence-corrected chi connectivity index (χ0v) is 12.3. The van der Waals surface area contributed by atoms with Gasteiger partial charge in [-0.3, -0.25) is 4.79 Å². The van der Waals surface area contributed by atoms with Gasteiger partial charge in [0.15, 0.2) is 12.4 Å². The quantitative estimate of drug-likeness (QED) is 0.673. The van der Waals surface area contributed by atoms with Crippen molar-refractivity contribution in [1.29, 1.82) is 0 Å². The van der Waals surface area contributed by atoms with Gasteiger partial charge in [-0.15, -0.1) is 10.2 Å². The Kier molecular flexibility index (Phi) is 4.14. The summed E-state index contributed by atoms with van der Waals surface area (Å²) in [6.45, 7) is 1.32. The molecular formula is C17H13FN2O3. The average Bonchev–Trinajstić information content (AvgIpc) is 3.02. The Balaban J connectivity index is 1.68. The van der Waals surface area contributed by atoms with Gasteiger partial charge >= 0.3 is 0 Å². The molecule has 2 aromatic carbocycles. The van der Waals surface area contributed by atoms with E-state index in [-0.39, 0.29) is 29.6 Å². The van der Waals surface area contributed by atoms with Crippen LogP contribution < -0.4 is 4.74 Å². The van der Waals surface area contributed by atoms with Crippen molar-refractivity contribution in [2.75, 3.05) is 0 Å². The molecular weight excluding hydrogens is 299 g/mol. The summed E-state index contributed by atoms with van der Waals surface area (Å²) in [7, 11) is 0. The average molecular weight is 312 g/mol. The van der Waals surface area contributed by atoms with Gasteiger partial charge in [-0.2, -0.15) is 0 Å². The molecule has 0 atom stereocenters. The maximum atomic E-state index is 13.7. The molecule has 0 amide bonds. The normalized spacial score (nSPS) is 10.5. The van der Waals surface area contributed by atoms with Crippen LogP contribution in [0.2, 0.25) is 0 Å². The van der Waals surface area contributed by atoms with E-state index in [0.717, 1.165) is 11.6 Å². The third kappa shape index (κ3) is 3.42. The van der Waals surface area contributed by atoms with Gasteiger partial charge in [-0.05, 0) is 31.2 Å². The lowest BCUT2D eigenvalue weighted by Crippen LogP contribution is -2.00. The van der Waals surface area contributed by atoms with E-state index in [9.17, 15) is 9.18 Å². The number of carbonyl (C=O) groups excluding carboxylic acids is 1. The summed E-state index contributed by atoms with van der Waals surface area (Å²) in [5.74, 6) is -0.00173. The number of rotatable bonds is 5. The molecule has 116 valence electrons. The molecule has 0 unspecified atom stereocenters. The molecule has 5 nitrogen and oxygen atoms in total.